The Bertz CT molecular complexity index is 892. The molecule has 0 N–H and O–H groups in total. The van der Waals surface area contributed by atoms with Crippen LogP contribution in [0.5, 0.6) is 0 Å². The van der Waals surface area contributed by atoms with E-state index < -0.39 is 0 Å². The number of hydrogen-bond donors (Lipinski definition) is 0. The Hall–Kier alpha value is -2.37. The van der Waals surface area contributed by atoms with Crippen LogP contribution < -0.4 is 4.90 Å². The van der Waals surface area contributed by atoms with Crippen LogP contribution in [0.4, 0.5) is 10.1 Å². The molecule has 4 rings (SSSR count). The van der Waals surface area contributed by atoms with Gasteiger partial charge in [0, 0.05) is 23.8 Å². The second-order valence-electron chi connectivity index (χ2n) is 9.42. The van der Waals surface area contributed by atoms with Gasteiger partial charge in [0.1, 0.15) is 5.82 Å². The van der Waals surface area contributed by atoms with Crippen LogP contribution in [0.2, 0.25) is 0 Å². The predicted octanol–water partition coefficient (Wildman–Crippen LogP) is 4.67. The van der Waals surface area contributed by atoms with E-state index in [9.17, 15) is 9.18 Å². The summed E-state index contributed by atoms with van der Waals surface area (Å²) in [5.41, 5.74) is 1.54. The molecule has 2 aliphatic rings. The lowest BCUT2D eigenvalue weighted by Crippen LogP contribution is -2.52. The van der Waals surface area contributed by atoms with Crippen LogP contribution in [0.1, 0.15) is 63.2 Å². The van der Waals surface area contributed by atoms with E-state index in [0.717, 1.165) is 37.1 Å². The second kappa shape index (κ2) is 7.47. The Morgan fingerprint density at radius 3 is 2.83 bits per heavy atom. The highest BCUT2D eigenvalue weighted by Crippen LogP contribution is 2.44. The summed E-state index contributed by atoms with van der Waals surface area (Å²) in [6, 6.07) is 8.82. The van der Waals surface area contributed by atoms with E-state index in [0.29, 0.717) is 18.2 Å². The van der Waals surface area contributed by atoms with Crippen molar-refractivity contribution in [3.63, 3.8) is 0 Å². The van der Waals surface area contributed by atoms with E-state index in [-0.39, 0.29) is 29.3 Å². The van der Waals surface area contributed by atoms with Gasteiger partial charge in [-0.05, 0) is 63.6 Å². The minimum atomic E-state index is -0.232. The zero-order valence-electron chi connectivity index (χ0n) is 17.7. The summed E-state index contributed by atoms with van der Waals surface area (Å²) in [6.45, 7) is 9.30. The third-order valence-electron chi connectivity index (χ3n) is 6.17. The van der Waals surface area contributed by atoms with Crippen molar-refractivity contribution >= 4 is 11.6 Å². The van der Waals surface area contributed by atoms with Crippen molar-refractivity contribution in [1.29, 1.82) is 0 Å². The van der Waals surface area contributed by atoms with E-state index in [1.807, 2.05) is 11.0 Å². The minimum Gasteiger partial charge on any atom is -0.361 e. The Kier molecular flexibility index (Phi) is 5.13. The van der Waals surface area contributed by atoms with Crippen LogP contribution >= 0.6 is 0 Å². The average Bonchev–Trinajstić information content (AvgIpc) is 3.20. The van der Waals surface area contributed by atoms with E-state index in [2.05, 4.69) is 37.8 Å². The fourth-order valence-corrected chi connectivity index (χ4v) is 5.13. The van der Waals surface area contributed by atoms with Gasteiger partial charge in [0.15, 0.2) is 0 Å². The topological polar surface area (TPSA) is 49.6 Å². The molecule has 2 saturated heterocycles. The van der Waals surface area contributed by atoms with Crippen molar-refractivity contribution in [2.45, 2.75) is 71.0 Å². The summed E-state index contributed by atoms with van der Waals surface area (Å²) in [7, 11) is 0. The van der Waals surface area contributed by atoms with Gasteiger partial charge in [-0.2, -0.15) is 0 Å². The number of carbonyl (C=O) groups is 1. The Labute approximate surface area is 171 Å². The Balaban J connectivity index is 1.60. The van der Waals surface area contributed by atoms with Crippen molar-refractivity contribution in [2.24, 2.45) is 5.92 Å². The van der Waals surface area contributed by atoms with Gasteiger partial charge in [0.25, 0.3) is 5.91 Å². The molecule has 0 radical (unpaired) electrons. The monoisotopic (exact) mass is 399 g/mol. The van der Waals surface area contributed by atoms with Crippen molar-refractivity contribution < 1.29 is 13.7 Å². The molecule has 29 heavy (non-hydrogen) atoms. The molecule has 2 atom stereocenters. The maximum Gasteiger partial charge on any atom is 0.292 e. The first-order valence-electron chi connectivity index (χ1n) is 10.6. The van der Waals surface area contributed by atoms with Crippen LogP contribution in [0.3, 0.4) is 0 Å². The van der Waals surface area contributed by atoms with Gasteiger partial charge in [-0.15, -0.1) is 0 Å². The molecular weight excluding hydrogens is 369 g/mol. The SMILES string of the molecule is CC(C)Cc1cc(C(=O)N2CCC[C@H]3[C@@H]2CC(C)(C)N3c2cccc(F)c2)on1. The fourth-order valence-electron chi connectivity index (χ4n) is 5.13. The van der Waals surface area contributed by atoms with Gasteiger partial charge in [0.2, 0.25) is 5.76 Å². The summed E-state index contributed by atoms with van der Waals surface area (Å²) >= 11 is 0. The molecule has 2 aliphatic heterocycles. The van der Waals surface area contributed by atoms with Gasteiger partial charge in [-0.3, -0.25) is 4.79 Å². The van der Waals surface area contributed by atoms with Crippen molar-refractivity contribution in [3.8, 4) is 0 Å². The smallest absolute Gasteiger partial charge is 0.292 e. The zero-order chi connectivity index (χ0) is 20.8. The maximum atomic E-state index is 13.9. The van der Waals surface area contributed by atoms with Gasteiger partial charge in [-0.25, -0.2) is 4.39 Å². The van der Waals surface area contributed by atoms with Crippen LogP contribution in [0, 0.1) is 11.7 Å². The molecule has 0 unspecified atom stereocenters. The molecule has 6 heteroatoms. The second-order valence-corrected chi connectivity index (χ2v) is 9.42. The number of benzene rings is 1. The molecule has 1 aromatic carbocycles. The molecular formula is C23H30FN3O2. The highest BCUT2D eigenvalue weighted by Gasteiger charge is 2.51. The van der Waals surface area contributed by atoms with E-state index in [4.69, 9.17) is 4.52 Å². The maximum absolute atomic E-state index is 13.9. The number of carbonyl (C=O) groups excluding carboxylic acids is 1. The van der Waals surface area contributed by atoms with Gasteiger partial charge in [0.05, 0.1) is 17.8 Å². The predicted molar refractivity (Wildman–Crippen MR) is 110 cm³/mol. The highest BCUT2D eigenvalue weighted by atomic mass is 19.1. The van der Waals surface area contributed by atoms with Crippen molar-refractivity contribution in [1.82, 2.24) is 10.1 Å². The van der Waals surface area contributed by atoms with Crippen molar-refractivity contribution in [3.05, 3.63) is 47.6 Å². The number of rotatable bonds is 4. The molecule has 0 aliphatic carbocycles. The number of piperidine rings is 1. The molecule has 0 saturated carbocycles. The highest BCUT2D eigenvalue weighted by molar-refractivity contribution is 5.92. The van der Waals surface area contributed by atoms with E-state index >= 15 is 0 Å². The number of likely N-dealkylation sites (tertiary alicyclic amines) is 1. The molecule has 5 nitrogen and oxygen atoms in total. The first-order chi connectivity index (χ1) is 13.8. The number of amides is 1. The summed E-state index contributed by atoms with van der Waals surface area (Å²) in [5, 5.41) is 4.08. The molecule has 1 aromatic heterocycles. The standard InChI is InChI=1S/C23H30FN3O2/c1-15(2)11-17-13-21(29-25-17)22(28)26-10-6-9-19-20(26)14-23(3,4)27(19)18-8-5-7-16(24)12-18/h5,7-8,12-13,15,19-20H,6,9-11,14H2,1-4H3/t19-,20-/m0/s1. The lowest BCUT2D eigenvalue weighted by molar-refractivity contribution is 0.0563. The first-order valence-corrected chi connectivity index (χ1v) is 10.6. The minimum absolute atomic E-state index is 0.0770. The van der Waals surface area contributed by atoms with E-state index in [1.54, 1.807) is 18.2 Å². The van der Waals surface area contributed by atoms with Crippen LogP contribution in [0.25, 0.3) is 0 Å². The van der Waals surface area contributed by atoms with Crippen LogP contribution in [0.15, 0.2) is 34.9 Å². The van der Waals surface area contributed by atoms with E-state index in [1.165, 1.54) is 6.07 Å². The van der Waals surface area contributed by atoms with Gasteiger partial charge < -0.3 is 14.3 Å². The lowest BCUT2D eigenvalue weighted by Gasteiger charge is -2.42. The largest absolute Gasteiger partial charge is 0.361 e. The number of fused-ring (bicyclic) bond motifs is 1. The summed E-state index contributed by atoms with van der Waals surface area (Å²) in [5.74, 6) is 0.463. The third-order valence-corrected chi connectivity index (χ3v) is 6.17. The number of hydrogen-bond acceptors (Lipinski definition) is 4. The van der Waals surface area contributed by atoms with Crippen LogP contribution in [-0.2, 0) is 6.42 Å². The molecule has 2 fully saturated rings. The Morgan fingerprint density at radius 2 is 2.10 bits per heavy atom. The zero-order valence-corrected chi connectivity index (χ0v) is 17.7. The first kappa shape index (κ1) is 19.9. The van der Waals surface area contributed by atoms with Gasteiger partial charge in [-0.1, -0.05) is 25.1 Å². The normalized spacial score (nSPS) is 23.5. The lowest BCUT2D eigenvalue weighted by atomic mass is 9.94. The number of anilines is 1. The Morgan fingerprint density at radius 1 is 1.31 bits per heavy atom. The van der Waals surface area contributed by atoms with Crippen LogP contribution in [-0.4, -0.2) is 40.1 Å². The average molecular weight is 400 g/mol. The fraction of sp³-hybridized carbons (Fsp3) is 0.565. The summed E-state index contributed by atoms with van der Waals surface area (Å²) in [6.07, 6.45) is 3.54. The van der Waals surface area contributed by atoms with Crippen molar-refractivity contribution in [2.75, 3.05) is 11.4 Å². The number of nitrogens with zero attached hydrogens (tertiary/aromatic N) is 3. The summed E-state index contributed by atoms with van der Waals surface area (Å²) in [4.78, 5) is 17.5. The quantitative estimate of drug-likeness (QED) is 0.749. The van der Waals surface area contributed by atoms with Gasteiger partial charge >= 0.3 is 0 Å². The molecule has 0 spiro atoms. The number of aromatic nitrogens is 1. The number of halogens is 1. The summed E-state index contributed by atoms with van der Waals surface area (Å²) < 4.78 is 19.3. The molecule has 0 bridgehead atoms. The molecule has 1 amide bonds. The molecule has 156 valence electrons. The molecule has 3 heterocycles. The third kappa shape index (κ3) is 3.77. The molecule has 2 aromatic rings.